The lowest BCUT2D eigenvalue weighted by molar-refractivity contribution is 0.631. The number of rotatable bonds is 3. The highest BCUT2D eigenvalue weighted by atomic mass is 19.1. The van der Waals surface area contributed by atoms with E-state index < -0.39 is 0 Å². The molecule has 3 nitrogen and oxygen atoms in total. The van der Waals surface area contributed by atoms with Crippen molar-refractivity contribution in [3.8, 4) is 11.1 Å². The molecule has 0 atom stereocenters. The molecule has 19 heavy (non-hydrogen) atoms. The molecule has 0 bridgehead atoms. The number of nitrogens with zero attached hydrogens (tertiary/aromatic N) is 2. The number of halogens is 1. The van der Waals surface area contributed by atoms with Crippen LogP contribution in [-0.4, -0.2) is 15.9 Å². The lowest BCUT2D eigenvalue weighted by Gasteiger charge is -2.06. The van der Waals surface area contributed by atoms with Gasteiger partial charge in [-0.25, -0.2) is 9.37 Å². The summed E-state index contributed by atoms with van der Waals surface area (Å²) >= 11 is 0. The fourth-order valence-corrected chi connectivity index (χ4v) is 2.30. The maximum atomic E-state index is 13.9. The van der Waals surface area contributed by atoms with E-state index in [4.69, 9.17) is 5.73 Å². The van der Waals surface area contributed by atoms with E-state index >= 15 is 0 Å². The Balaban J connectivity index is 2.23. The molecule has 0 saturated carbocycles. The van der Waals surface area contributed by atoms with E-state index in [0.717, 1.165) is 16.9 Å². The van der Waals surface area contributed by atoms with Gasteiger partial charge in [-0.2, -0.15) is 0 Å². The lowest BCUT2D eigenvalue weighted by Crippen LogP contribution is -2.06. The van der Waals surface area contributed by atoms with Gasteiger partial charge in [0.2, 0.25) is 0 Å². The first-order valence-corrected chi connectivity index (χ1v) is 6.21. The average Bonchev–Trinajstić information content (AvgIpc) is 2.83. The van der Waals surface area contributed by atoms with Crippen LogP contribution in [0.15, 0.2) is 48.8 Å². The minimum atomic E-state index is -0.225. The molecule has 0 aliphatic heterocycles. The van der Waals surface area contributed by atoms with Crippen LogP contribution in [0.3, 0.4) is 0 Å². The molecule has 2 N–H and O–H groups in total. The molecule has 3 aromatic rings. The van der Waals surface area contributed by atoms with Crippen molar-refractivity contribution in [2.75, 3.05) is 6.54 Å². The van der Waals surface area contributed by atoms with E-state index in [9.17, 15) is 4.39 Å². The summed E-state index contributed by atoms with van der Waals surface area (Å²) in [6.45, 7) is 0.545. The molecule has 2 heterocycles. The molecule has 3 rings (SSSR count). The number of imidazole rings is 1. The number of aromatic nitrogens is 2. The van der Waals surface area contributed by atoms with Gasteiger partial charge in [-0.15, -0.1) is 0 Å². The van der Waals surface area contributed by atoms with Crippen molar-refractivity contribution >= 4 is 5.52 Å². The maximum Gasteiger partial charge on any atom is 0.131 e. The Morgan fingerprint density at radius 2 is 1.89 bits per heavy atom. The SMILES string of the molecule is NCCc1ncc2c(-c3ccccc3F)cccn12. The van der Waals surface area contributed by atoms with Crippen LogP contribution in [0.4, 0.5) is 4.39 Å². The van der Waals surface area contributed by atoms with Crippen molar-refractivity contribution in [2.24, 2.45) is 5.73 Å². The van der Waals surface area contributed by atoms with Crippen molar-refractivity contribution < 1.29 is 4.39 Å². The Morgan fingerprint density at radius 1 is 1.11 bits per heavy atom. The normalized spacial score (nSPS) is 11.1. The lowest BCUT2D eigenvalue weighted by atomic mass is 10.1. The summed E-state index contributed by atoms with van der Waals surface area (Å²) in [5.41, 5.74) is 7.90. The molecule has 0 fully saturated rings. The predicted octanol–water partition coefficient (Wildman–Crippen LogP) is 2.64. The van der Waals surface area contributed by atoms with E-state index in [1.165, 1.54) is 6.07 Å². The van der Waals surface area contributed by atoms with Gasteiger partial charge < -0.3 is 10.1 Å². The van der Waals surface area contributed by atoms with Gasteiger partial charge in [0.05, 0.1) is 11.7 Å². The second-order valence-corrected chi connectivity index (χ2v) is 4.37. The summed E-state index contributed by atoms with van der Waals surface area (Å²) in [6, 6.07) is 10.6. The summed E-state index contributed by atoms with van der Waals surface area (Å²) in [4.78, 5) is 4.36. The van der Waals surface area contributed by atoms with Crippen LogP contribution in [0.2, 0.25) is 0 Å². The number of benzene rings is 1. The smallest absolute Gasteiger partial charge is 0.131 e. The fourth-order valence-electron chi connectivity index (χ4n) is 2.30. The highest BCUT2D eigenvalue weighted by Gasteiger charge is 2.10. The molecule has 0 saturated heterocycles. The monoisotopic (exact) mass is 255 g/mol. The van der Waals surface area contributed by atoms with Gasteiger partial charge in [0, 0.05) is 23.7 Å². The summed E-state index contributed by atoms with van der Waals surface area (Å²) in [5, 5.41) is 0. The first kappa shape index (κ1) is 11.9. The minimum absolute atomic E-state index is 0.225. The third-order valence-corrected chi connectivity index (χ3v) is 3.18. The summed E-state index contributed by atoms with van der Waals surface area (Å²) in [6.07, 6.45) is 4.40. The molecule has 0 unspecified atom stereocenters. The molecule has 1 aromatic carbocycles. The molecular weight excluding hydrogens is 241 g/mol. The highest BCUT2D eigenvalue weighted by molar-refractivity contribution is 5.80. The highest BCUT2D eigenvalue weighted by Crippen LogP contribution is 2.27. The topological polar surface area (TPSA) is 43.3 Å². The number of hydrogen-bond donors (Lipinski definition) is 1. The molecule has 0 amide bonds. The van der Waals surface area contributed by atoms with Crippen LogP contribution in [0.5, 0.6) is 0 Å². The third kappa shape index (κ3) is 2.00. The number of hydrogen-bond acceptors (Lipinski definition) is 2. The van der Waals surface area contributed by atoms with Crippen LogP contribution >= 0.6 is 0 Å². The zero-order valence-corrected chi connectivity index (χ0v) is 10.4. The largest absolute Gasteiger partial charge is 0.330 e. The first-order chi connectivity index (χ1) is 9.31. The molecule has 2 aromatic heterocycles. The third-order valence-electron chi connectivity index (χ3n) is 3.18. The standard InChI is InChI=1S/C15H14FN3/c16-13-6-2-1-4-11(13)12-5-3-9-19-14(12)10-18-15(19)7-8-17/h1-6,9-10H,7-8,17H2. The van der Waals surface area contributed by atoms with E-state index in [1.807, 2.05) is 28.8 Å². The van der Waals surface area contributed by atoms with Crippen molar-refractivity contribution in [1.29, 1.82) is 0 Å². The van der Waals surface area contributed by atoms with Crippen LogP contribution in [0.1, 0.15) is 5.82 Å². The Morgan fingerprint density at radius 3 is 2.68 bits per heavy atom. The van der Waals surface area contributed by atoms with Crippen LogP contribution < -0.4 is 5.73 Å². The van der Waals surface area contributed by atoms with Gasteiger partial charge in [0.15, 0.2) is 0 Å². The minimum Gasteiger partial charge on any atom is -0.330 e. The van der Waals surface area contributed by atoms with E-state index in [2.05, 4.69) is 4.98 Å². The second kappa shape index (κ2) is 4.82. The zero-order valence-electron chi connectivity index (χ0n) is 10.4. The maximum absolute atomic E-state index is 13.9. The van der Waals surface area contributed by atoms with Crippen LogP contribution in [0.25, 0.3) is 16.6 Å². The molecule has 0 aliphatic carbocycles. The summed E-state index contributed by atoms with van der Waals surface area (Å²) < 4.78 is 15.9. The first-order valence-electron chi connectivity index (χ1n) is 6.21. The Hall–Kier alpha value is -2.20. The predicted molar refractivity (Wildman–Crippen MR) is 73.3 cm³/mol. The van der Waals surface area contributed by atoms with E-state index in [1.54, 1.807) is 18.3 Å². The Kier molecular flexibility index (Phi) is 3.01. The van der Waals surface area contributed by atoms with Gasteiger partial charge in [-0.1, -0.05) is 24.3 Å². The molecule has 0 spiro atoms. The number of pyridine rings is 1. The number of nitrogens with two attached hydrogens (primary N) is 1. The fraction of sp³-hybridized carbons (Fsp3) is 0.133. The Labute approximate surface area is 110 Å². The average molecular weight is 255 g/mol. The van der Waals surface area contributed by atoms with Crippen molar-refractivity contribution in [1.82, 2.24) is 9.38 Å². The zero-order chi connectivity index (χ0) is 13.2. The molecule has 0 radical (unpaired) electrons. The van der Waals surface area contributed by atoms with Gasteiger partial charge in [0.1, 0.15) is 11.6 Å². The molecule has 96 valence electrons. The van der Waals surface area contributed by atoms with Crippen molar-refractivity contribution in [3.05, 3.63) is 60.4 Å². The van der Waals surface area contributed by atoms with Crippen LogP contribution in [0, 0.1) is 5.82 Å². The van der Waals surface area contributed by atoms with Gasteiger partial charge in [-0.05, 0) is 18.7 Å². The molecule has 4 heteroatoms. The second-order valence-electron chi connectivity index (χ2n) is 4.37. The summed E-state index contributed by atoms with van der Waals surface area (Å²) in [7, 11) is 0. The van der Waals surface area contributed by atoms with E-state index in [-0.39, 0.29) is 5.82 Å². The van der Waals surface area contributed by atoms with Gasteiger partial charge in [0.25, 0.3) is 0 Å². The van der Waals surface area contributed by atoms with Crippen LogP contribution in [-0.2, 0) is 6.42 Å². The Bertz CT molecular complexity index is 718. The van der Waals surface area contributed by atoms with Gasteiger partial charge in [-0.3, -0.25) is 0 Å². The van der Waals surface area contributed by atoms with Gasteiger partial charge >= 0.3 is 0 Å². The quantitative estimate of drug-likeness (QED) is 0.781. The molecular formula is C15H14FN3. The summed E-state index contributed by atoms with van der Waals surface area (Å²) in [5.74, 6) is 0.674. The van der Waals surface area contributed by atoms with Crippen molar-refractivity contribution in [2.45, 2.75) is 6.42 Å². The van der Waals surface area contributed by atoms with Crippen molar-refractivity contribution in [3.63, 3.8) is 0 Å². The number of fused-ring (bicyclic) bond motifs is 1. The molecule has 0 aliphatic rings. The van der Waals surface area contributed by atoms with E-state index in [0.29, 0.717) is 18.5 Å².